The maximum atomic E-state index is 11.7. The summed E-state index contributed by atoms with van der Waals surface area (Å²) in [4.78, 5) is 34.5. The van der Waals surface area contributed by atoms with Crippen molar-refractivity contribution in [3.8, 4) is 0 Å². The molecule has 0 aliphatic carbocycles. The molecule has 5 heteroatoms. The van der Waals surface area contributed by atoms with Crippen LogP contribution in [-0.2, 0) is 19.1 Å². The maximum Gasteiger partial charge on any atom is 0.316 e. The number of Topliss-reactive ketones (excluding diaryl/α,β-unsaturated/α-hetero) is 1. The number of esters is 1. The molecule has 5 nitrogen and oxygen atoms in total. The predicted molar refractivity (Wildman–Crippen MR) is 63.8 cm³/mol. The number of hydrogen-bond acceptors (Lipinski definition) is 4. The van der Waals surface area contributed by atoms with Crippen LogP contribution in [0.15, 0.2) is 30.3 Å². The number of cyclic esters (lactones) is 1. The van der Waals surface area contributed by atoms with Crippen molar-refractivity contribution in [2.75, 3.05) is 11.9 Å². The van der Waals surface area contributed by atoms with Gasteiger partial charge < -0.3 is 10.1 Å². The second-order valence-corrected chi connectivity index (χ2v) is 4.07. The first-order valence-electron chi connectivity index (χ1n) is 5.71. The van der Waals surface area contributed by atoms with E-state index in [-0.39, 0.29) is 18.8 Å². The summed E-state index contributed by atoms with van der Waals surface area (Å²) in [5, 5.41) is 2.60. The highest BCUT2D eigenvalue weighted by Crippen LogP contribution is 2.17. The fourth-order valence-corrected chi connectivity index (χ4v) is 1.80. The number of hydrogen-bond donors (Lipinski definition) is 1. The average molecular weight is 247 g/mol. The first kappa shape index (κ1) is 12.3. The summed E-state index contributed by atoms with van der Waals surface area (Å²) in [7, 11) is 0. The number of carbonyl (C=O) groups is 3. The summed E-state index contributed by atoms with van der Waals surface area (Å²) in [6.07, 6.45) is 0.0743. The van der Waals surface area contributed by atoms with Gasteiger partial charge in [0.1, 0.15) is 5.92 Å². The lowest BCUT2D eigenvalue weighted by Gasteiger charge is -2.06. The van der Waals surface area contributed by atoms with Gasteiger partial charge in [0.2, 0.25) is 5.91 Å². The molecule has 0 spiro atoms. The highest BCUT2D eigenvalue weighted by atomic mass is 16.5. The van der Waals surface area contributed by atoms with E-state index in [4.69, 9.17) is 4.74 Å². The molecule has 18 heavy (non-hydrogen) atoms. The lowest BCUT2D eigenvalue weighted by molar-refractivity contribution is -0.144. The molecule has 2 rings (SSSR count). The standard InChI is InChI=1S/C13H13NO4/c15-11(10-6-7-18-13(10)17)8-12(16)14-9-4-2-1-3-5-9/h1-5,10H,6-8H2,(H,14,16). The smallest absolute Gasteiger partial charge is 0.316 e. The third kappa shape index (κ3) is 2.94. The van der Waals surface area contributed by atoms with Crippen molar-refractivity contribution in [2.45, 2.75) is 12.8 Å². The number of ether oxygens (including phenoxy) is 1. The number of ketones is 1. The molecule has 1 fully saturated rings. The number of nitrogens with one attached hydrogen (secondary N) is 1. The zero-order chi connectivity index (χ0) is 13.0. The largest absolute Gasteiger partial charge is 0.465 e. The fraction of sp³-hybridized carbons (Fsp3) is 0.308. The monoisotopic (exact) mass is 247 g/mol. The molecule has 0 bridgehead atoms. The molecule has 1 aromatic rings. The molecule has 1 unspecified atom stereocenters. The lowest BCUT2D eigenvalue weighted by atomic mass is 10.00. The third-order valence-corrected chi connectivity index (χ3v) is 2.72. The quantitative estimate of drug-likeness (QED) is 0.639. The summed E-state index contributed by atoms with van der Waals surface area (Å²) < 4.78 is 4.69. The molecule has 1 saturated heterocycles. The number of anilines is 1. The molecule has 1 N–H and O–H groups in total. The van der Waals surface area contributed by atoms with Gasteiger partial charge in [-0.25, -0.2) is 0 Å². The van der Waals surface area contributed by atoms with E-state index in [1.165, 1.54) is 0 Å². The Morgan fingerprint density at radius 1 is 1.28 bits per heavy atom. The molecule has 1 aliphatic heterocycles. The SMILES string of the molecule is O=C(CC(=O)C1CCOC1=O)Nc1ccccc1. The number of carbonyl (C=O) groups excluding carboxylic acids is 3. The summed E-state index contributed by atoms with van der Waals surface area (Å²) in [6, 6.07) is 8.85. The normalized spacial score (nSPS) is 18.2. The topological polar surface area (TPSA) is 72.5 Å². The van der Waals surface area contributed by atoms with Crippen molar-refractivity contribution in [3.63, 3.8) is 0 Å². The van der Waals surface area contributed by atoms with E-state index in [0.29, 0.717) is 12.1 Å². The van der Waals surface area contributed by atoms with E-state index in [2.05, 4.69) is 5.32 Å². The van der Waals surface area contributed by atoms with Gasteiger partial charge in [-0.1, -0.05) is 18.2 Å². The molecule has 1 aromatic carbocycles. The Bertz CT molecular complexity index is 469. The second-order valence-electron chi connectivity index (χ2n) is 4.07. The molecule has 1 heterocycles. The number of para-hydroxylation sites is 1. The molecule has 0 radical (unpaired) electrons. The van der Waals surface area contributed by atoms with Gasteiger partial charge in [-0.2, -0.15) is 0 Å². The van der Waals surface area contributed by atoms with Crippen LogP contribution in [0, 0.1) is 5.92 Å². The average Bonchev–Trinajstić information content (AvgIpc) is 2.76. The van der Waals surface area contributed by atoms with Crippen LogP contribution >= 0.6 is 0 Å². The fourth-order valence-electron chi connectivity index (χ4n) is 1.80. The molecule has 0 aromatic heterocycles. The number of benzene rings is 1. The van der Waals surface area contributed by atoms with Gasteiger partial charge in [0.25, 0.3) is 0 Å². The molecule has 94 valence electrons. The molecule has 1 atom stereocenters. The maximum absolute atomic E-state index is 11.7. The van der Waals surface area contributed by atoms with Gasteiger partial charge in [-0.15, -0.1) is 0 Å². The summed E-state index contributed by atoms with van der Waals surface area (Å²) in [5.41, 5.74) is 0.629. The molecule has 0 saturated carbocycles. The van der Waals surface area contributed by atoms with Crippen molar-refractivity contribution in [1.82, 2.24) is 0 Å². The van der Waals surface area contributed by atoms with Crippen LogP contribution in [0.3, 0.4) is 0 Å². The van der Waals surface area contributed by atoms with Crippen molar-refractivity contribution in [1.29, 1.82) is 0 Å². The predicted octanol–water partition coefficient (Wildman–Crippen LogP) is 1.15. The van der Waals surface area contributed by atoms with Gasteiger partial charge in [-0.3, -0.25) is 14.4 Å². The Morgan fingerprint density at radius 3 is 2.61 bits per heavy atom. The Kier molecular flexibility index (Phi) is 3.72. The molecule has 1 amide bonds. The zero-order valence-corrected chi connectivity index (χ0v) is 9.72. The van der Waals surface area contributed by atoms with Crippen LogP contribution in [-0.4, -0.2) is 24.3 Å². The van der Waals surface area contributed by atoms with Gasteiger partial charge >= 0.3 is 5.97 Å². The zero-order valence-electron chi connectivity index (χ0n) is 9.72. The van der Waals surface area contributed by atoms with Crippen LogP contribution in [0.4, 0.5) is 5.69 Å². The summed E-state index contributed by atoms with van der Waals surface area (Å²) in [5.74, 6) is -2.09. The summed E-state index contributed by atoms with van der Waals surface area (Å²) >= 11 is 0. The van der Waals surface area contributed by atoms with Crippen molar-refractivity contribution in [2.24, 2.45) is 5.92 Å². The third-order valence-electron chi connectivity index (χ3n) is 2.72. The van der Waals surface area contributed by atoms with Crippen molar-refractivity contribution in [3.05, 3.63) is 30.3 Å². The van der Waals surface area contributed by atoms with Crippen LogP contribution in [0.25, 0.3) is 0 Å². The number of rotatable bonds is 4. The van der Waals surface area contributed by atoms with Crippen LogP contribution in [0.5, 0.6) is 0 Å². The Morgan fingerprint density at radius 2 is 2.00 bits per heavy atom. The van der Waals surface area contributed by atoms with E-state index in [0.717, 1.165) is 0 Å². The van der Waals surface area contributed by atoms with E-state index in [1.54, 1.807) is 24.3 Å². The Balaban J connectivity index is 1.88. The minimum absolute atomic E-state index is 0.259. The van der Waals surface area contributed by atoms with E-state index in [9.17, 15) is 14.4 Å². The van der Waals surface area contributed by atoms with Crippen LogP contribution in [0.2, 0.25) is 0 Å². The number of amides is 1. The van der Waals surface area contributed by atoms with Gasteiger partial charge in [0.15, 0.2) is 5.78 Å². The molecule has 1 aliphatic rings. The van der Waals surface area contributed by atoms with Crippen LogP contribution in [0.1, 0.15) is 12.8 Å². The summed E-state index contributed by atoms with van der Waals surface area (Å²) in [6.45, 7) is 0.259. The lowest BCUT2D eigenvalue weighted by Crippen LogP contribution is -2.24. The first-order valence-corrected chi connectivity index (χ1v) is 5.71. The van der Waals surface area contributed by atoms with Gasteiger partial charge in [-0.05, 0) is 12.1 Å². The Labute approximate surface area is 104 Å². The molecular weight excluding hydrogens is 234 g/mol. The van der Waals surface area contributed by atoms with E-state index in [1.807, 2.05) is 6.07 Å². The van der Waals surface area contributed by atoms with Crippen molar-refractivity contribution < 1.29 is 19.1 Å². The van der Waals surface area contributed by atoms with Gasteiger partial charge in [0, 0.05) is 12.1 Å². The highest BCUT2D eigenvalue weighted by molar-refractivity contribution is 6.10. The highest BCUT2D eigenvalue weighted by Gasteiger charge is 2.33. The van der Waals surface area contributed by atoms with Gasteiger partial charge in [0.05, 0.1) is 13.0 Å². The Hall–Kier alpha value is -2.17. The van der Waals surface area contributed by atoms with E-state index >= 15 is 0 Å². The van der Waals surface area contributed by atoms with E-state index < -0.39 is 17.8 Å². The second kappa shape index (κ2) is 5.44. The molecular formula is C13H13NO4. The van der Waals surface area contributed by atoms with Crippen molar-refractivity contribution >= 4 is 23.3 Å². The first-order chi connectivity index (χ1) is 8.66. The van der Waals surface area contributed by atoms with Crippen LogP contribution < -0.4 is 5.32 Å². The minimum Gasteiger partial charge on any atom is -0.465 e. The minimum atomic E-state index is -0.772.